The van der Waals surface area contributed by atoms with Gasteiger partial charge in [-0.2, -0.15) is 5.10 Å². The highest BCUT2D eigenvalue weighted by molar-refractivity contribution is 5.83. The Balaban J connectivity index is 2.08. The first-order valence-electron chi connectivity index (χ1n) is 5.57. The third kappa shape index (κ3) is 3.03. The number of nitrogens with zero attached hydrogens (tertiary/aromatic N) is 3. The molecule has 0 saturated carbocycles. The number of anilines is 1. The normalized spacial score (nSPS) is 10.4. The van der Waals surface area contributed by atoms with Crippen LogP contribution in [0.3, 0.4) is 0 Å². The van der Waals surface area contributed by atoms with Crippen molar-refractivity contribution in [3.8, 4) is 0 Å². The minimum absolute atomic E-state index is 0.00166. The molecule has 100 valence electrons. The quantitative estimate of drug-likeness (QED) is 0.745. The van der Waals surface area contributed by atoms with E-state index in [0.717, 1.165) is 5.56 Å². The van der Waals surface area contributed by atoms with E-state index in [1.807, 2.05) is 0 Å². The molecule has 3 N–H and O–H groups in total. The van der Waals surface area contributed by atoms with Gasteiger partial charge in [0, 0.05) is 12.7 Å². The van der Waals surface area contributed by atoms with E-state index in [2.05, 4.69) is 25.5 Å². The summed E-state index contributed by atoms with van der Waals surface area (Å²) in [5.41, 5.74) is 0.954. The second-order valence-electron chi connectivity index (χ2n) is 3.88. The molecule has 2 aromatic rings. The lowest BCUT2D eigenvalue weighted by molar-refractivity contribution is 0.0683. The van der Waals surface area contributed by atoms with Crippen LogP contribution in [0.25, 0.3) is 0 Å². The van der Waals surface area contributed by atoms with Gasteiger partial charge in [-0.15, -0.1) is 0 Å². The molecule has 0 atom stereocenters. The van der Waals surface area contributed by atoms with Crippen molar-refractivity contribution in [3.63, 3.8) is 0 Å². The van der Waals surface area contributed by atoms with Crippen molar-refractivity contribution in [2.45, 2.75) is 13.3 Å². The zero-order valence-electron chi connectivity index (χ0n) is 10.1. The third-order valence-electron chi connectivity index (χ3n) is 2.47. The van der Waals surface area contributed by atoms with Gasteiger partial charge in [0.15, 0.2) is 11.6 Å². The van der Waals surface area contributed by atoms with Crippen molar-refractivity contribution >= 4 is 11.8 Å². The molecule has 7 nitrogen and oxygen atoms in total. The van der Waals surface area contributed by atoms with Gasteiger partial charge in [0.25, 0.3) is 0 Å². The number of hydrogen-bond donors (Lipinski definition) is 3. The zero-order valence-corrected chi connectivity index (χ0v) is 10.1. The Bertz CT molecular complexity index is 585. The summed E-state index contributed by atoms with van der Waals surface area (Å²) < 4.78 is 13.7. The van der Waals surface area contributed by atoms with Crippen LogP contribution in [-0.4, -0.2) is 37.8 Å². The number of aromatic carboxylic acids is 1. The van der Waals surface area contributed by atoms with Gasteiger partial charge in [-0.3, -0.25) is 5.10 Å². The summed E-state index contributed by atoms with van der Waals surface area (Å²) in [5.74, 6) is -2.46. The van der Waals surface area contributed by atoms with Gasteiger partial charge >= 0.3 is 5.97 Å². The average Bonchev–Trinajstić information content (AvgIpc) is 2.87. The molecule has 0 aliphatic heterocycles. The van der Waals surface area contributed by atoms with Crippen LogP contribution in [0.4, 0.5) is 10.2 Å². The minimum atomic E-state index is -1.29. The van der Waals surface area contributed by atoms with Crippen molar-refractivity contribution in [1.82, 2.24) is 20.2 Å². The predicted octanol–water partition coefficient (Wildman–Crippen LogP) is 1.00. The van der Waals surface area contributed by atoms with E-state index in [1.165, 1.54) is 6.92 Å². The molecule has 0 fully saturated rings. The summed E-state index contributed by atoms with van der Waals surface area (Å²) in [6, 6.07) is 0. The number of carbonyl (C=O) groups is 1. The lowest BCUT2D eigenvalue weighted by Crippen LogP contribution is -2.14. The molecule has 0 aliphatic rings. The van der Waals surface area contributed by atoms with Gasteiger partial charge < -0.3 is 10.4 Å². The van der Waals surface area contributed by atoms with E-state index in [-0.39, 0.29) is 11.5 Å². The van der Waals surface area contributed by atoms with Gasteiger partial charge in [0.1, 0.15) is 0 Å². The van der Waals surface area contributed by atoms with E-state index in [9.17, 15) is 9.18 Å². The van der Waals surface area contributed by atoms with E-state index in [4.69, 9.17) is 5.11 Å². The second kappa shape index (κ2) is 5.42. The van der Waals surface area contributed by atoms with E-state index in [0.29, 0.717) is 13.0 Å². The molecule has 2 aromatic heterocycles. The first kappa shape index (κ1) is 12.9. The smallest absolute Gasteiger partial charge is 0.374 e. The van der Waals surface area contributed by atoms with Gasteiger partial charge in [0.2, 0.25) is 5.82 Å². The number of H-pyrrole nitrogens is 1. The Morgan fingerprint density at radius 3 is 2.95 bits per heavy atom. The van der Waals surface area contributed by atoms with Gasteiger partial charge in [0.05, 0.1) is 11.9 Å². The highest BCUT2D eigenvalue weighted by Crippen LogP contribution is 2.14. The van der Waals surface area contributed by atoms with Crippen LogP contribution < -0.4 is 5.32 Å². The molecular weight excluding hydrogens is 253 g/mol. The van der Waals surface area contributed by atoms with Crippen molar-refractivity contribution in [1.29, 1.82) is 0 Å². The fourth-order valence-corrected chi connectivity index (χ4v) is 1.51. The number of aromatic nitrogens is 4. The fourth-order valence-electron chi connectivity index (χ4n) is 1.51. The summed E-state index contributed by atoms with van der Waals surface area (Å²) in [6.45, 7) is 1.80. The molecule has 0 radical (unpaired) electrons. The van der Waals surface area contributed by atoms with Crippen molar-refractivity contribution in [3.05, 3.63) is 35.3 Å². The first-order chi connectivity index (χ1) is 9.08. The number of nitrogens with one attached hydrogen (secondary N) is 2. The third-order valence-corrected chi connectivity index (χ3v) is 2.47. The summed E-state index contributed by atoms with van der Waals surface area (Å²) in [5, 5.41) is 18.0. The fraction of sp³-hybridized carbons (Fsp3) is 0.273. The van der Waals surface area contributed by atoms with Crippen molar-refractivity contribution < 1.29 is 14.3 Å². The number of carboxylic acid groups (broad SMARTS) is 1. The van der Waals surface area contributed by atoms with Crippen LogP contribution >= 0.6 is 0 Å². The van der Waals surface area contributed by atoms with Crippen LogP contribution in [0, 0.1) is 12.7 Å². The summed E-state index contributed by atoms with van der Waals surface area (Å²) >= 11 is 0. The SMILES string of the molecule is Cc1nc(C(=O)O)nc(NCCc2cn[nH]c2)c1F. The zero-order chi connectivity index (χ0) is 13.8. The lowest BCUT2D eigenvalue weighted by atomic mass is 10.2. The largest absolute Gasteiger partial charge is 0.475 e. The van der Waals surface area contributed by atoms with Crippen LogP contribution in [0.1, 0.15) is 21.9 Å². The maximum atomic E-state index is 13.7. The van der Waals surface area contributed by atoms with E-state index < -0.39 is 17.6 Å². The lowest BCUT2D eigenvalue weighted by Gasteiger charge is -2.08. The molecule has 19 heavy (non-hydrogen) atoms. The average molecular weight is 265 g/mol. The molecule has 0 aromatic carbocycles. The molecule has 0 bridgehead atoms. The van der Waals surface area contributed by atoms with Crippen LogP contribution in [0.5, 0.6) is 0 Å². The first-order valence-corrected chi connectivity index (χ1v) is 5.57. The predicted molar refractivity (Wildman–Crippen MR) is 64.5 cm³/mol. The molecule has 0 aliphatic carbocycles. The number of halogens is 1. The van der Waals surface area contributed by atoms with Crippen LogP contribution in [0.2, 0.25) is 0 Å². The Kier molecular flexibility index (Phi) is 3.69. The summed E-state index contributed by atoms with van der Waals surface area (Å²) in [4.78, 5) is 18.0. The highest BCUT2D eigenvalue weighted by Gasteiger charge is 2.15. The van der Waals surface area contributed by atoms with Gasteiger partial charge in [-0.25, -0.2) is 19.2 Å². The molecule has 0 spiro atoms. The minimum Gasteiger partial charge on any atom is -0.475 e. The van der Waals surface area contributed by atoms with Crippen LogP contribution in [-0.2, 0) is 6.42 Å². The number of hydrogen-bond acceptors (Lipinski definition) is 5. The number of aromatic amines is 1. The molecule has 2 heterocycles. The number of carboxylic acids is 1. The highest BCUT2D eigenvalue weighted by atomic mass is 19.1. The summed E-state index contributed by atoms with van der Waals surface area (Å²) in [6.07, 6.45) is 4.00. The molecule has 8 heteroatoms. The van der Waals surface area contributed by atoms with Crippen LogP contribution in [0.15, 0.2) is 12.4 Å². The number of rotatable bonds is 5. The van der Waals surface area contributed by atoms with Gasteiger partial charge in [-0.1, -0.05) is 0 Å². The van der Waals surface area contributed by atoms with E-state index in [1.54, 1.807) is 12.4 Å². The molecule has 0 amide bonds. The standard InChI is InChI=1S/C11H12FN5O2/c1-6-8(12)9(17-10(16-6)11(18)19)13-3-2-7-4-14-15-5-7/h4-5H,2-3H2,1H3,(H,14,15)(H,18,19)(H,13,16,17). The number of aryl methyl sites for hydroxylation is 1. The maximum Gasteiger partial charge on any atom is 0.374 e. The molecule has 2 rings (SSSR count). The van der Waals surface area contributed by atoms with Crippen molar-refractivity contribution in [2.24, 2.45) is 0 Å². The Hall–Kier alpha value is -2.51. The Morgan fingerprint density at radius 1 is 1.53 bits per heavy atom. The van der Waals surface area contributed by atoms with E-state index >= 15 is 0 Å². The molecular formula is C11H12FN5O2. The maximum absolute atomic E-state index is 13.7. The monoisotopic (exact) mass is 265 g/mol. The second-order valence-corrected chi connectivity index (χ2v) is 3.88. The molecule has 0 saturated heterocycles. The van der Waals surface area contributed by atoms with Crippen molar-refractivity contribution in [2.75, 3.05) is 11.9 Å². The summed E-state index contributed by atoms with van der Waals surface area (Å²) in [7, 11) is 0. The Morgan fingerprint density at radius 2 is 2.32 bits per heavy atom. The molecule has 0 unspecified atom stereocenters. The van der Waals surface area contributed by atoms with Gasteiger partial charge in [-0.05, 0) is 18.9 Å². The Labute approximate surface area is 107 Å². The topological polar surface area (TPSA) is 104 Å².